The maximum absolute atomic E-state index is 10.1. The van der Waals surface area contributed by atoms with Gasteiger partial charge in [-0.3, -0.25) is 9.35 Å². The minimum absolute atomic E-state index is 0.0347. The number of carbonyl (C=O) groups excluding carboxylic acids is 1. The summed E-state index contributed by atoms with van der Waals surface area (Å²) >= 11 is 0. The Morgan fingerprint density at radius 3 is 2.20 bits per heavy atom. The first-order valence-corrected chi connectivity index (χ1v) is 3.69. The molecule has 0 heterocycles. The molecule has 1 amide bonds. The van der Waals surface area contributed by atoms with E-state index in [1.807, 2.05) is 0 Å². The van der Waals surface area contributed by atoms with Crippen molar-refractivity contribution in [3.05, 3.63) is 12.3 Å². The monoisotopic (exact) mass is 164 g/mol. The van der Waals surface area contributed by atoms with Crippen LogP contribution in [0.3, 0.4) is 0 Å². The topological polar surface area (TPSA) is 74.7 Å². The van der Waals surface area contributed by atoms with E-state index >= 15 is 0 Å². The van der Waals surface area contributed by atoms with Gasteiger partial charge in [0.05, 0.1) is 0 Å². The zero-order chi connectivity index (χ0) is 8.20. The number of hydrogen-bond acceptors (Lipinski definition) is 3. The van der Waals surface area contributed by atoms with Crippen LogP contribution in [0.1, 0.15) is 6.92 Å². The lowest BCUT2D eigenvalue weighted by molar-refractivity contribution is 0.435. The van der Waals surface area contributed by atoms with Gasteiger partial charge in [-0.2, -0.15) is 12.7 Å². The standard InChI is InChI=1S/C4H6NO4S/c1-2-3-5(4-6)10(7,8)9/h2-3H,1H3,(H,7,8,9). The minimum atomic E-state index is -4.45. The van der Waals surface area contributed by atoms with Gasteiger partial charge in [-0.15, -0.1) is 0 Å². The zero-order valence-electron chi connectivity index (χ0n) is 5.18. The third-order valence-corrected chi connectivity index (χ3v) is 1.32. The lowest BCUT2D eigenvalue weighted by Gasteiger charge is -2.03. The van der Waals surface area contributed by atoms with E-state index in [1.54, 1.807) is 0 Å². The molecular formula is C4H6NO4S. The van der Waals surface area contributed by atoms with Crippen LogP contribution in [0.4, 0.5) is 0 Å². The number of amides is 1. The first-order chi connectivity index (χ1) is 4.52. The van der Waals surface area contributed by atoms with Crippen molar-refractivity contribution in [2.24, 2.45) is 0 Å². The van der Waals surface area contributed by atoms with E-state index < -0.39 is 10.3 Å². The summed E-state index contributed by atoms with van der Waals surface area (Å²) in [5.74, 6) is 0. The number of nitrogens with zero attached hydrogens (tertiary/aromatic N) is 1. The molecule has 1 N–H and O–H groups in total. The van der Waals surface area contributed by atoms with Gasteiger partial charge in [-0.1, -0.05) is 6.08 Å². The van der Waals surface area contributed by atoms with Crippen LogP contribution >= 0.6 is 0 Å². The Bertz CT molecular complexity index is 230. The van der Waals surface area contributed by atoms with E-state index in [0.29, 0.717) is 0 Å². The maximum Gasteiger partial charge on any atom is 0.366 e. The Labute approximate surface area is 58.8 Å². The normalized spacial score (nSPS) is 11.8. The molecule has 0 aromatic rings. The van der Waals surface area contributed by atoms with Gasteiger partial charge < -0.3 is 0 Å². The average molecular weight is 164 g/mol. The molecular weight excluding hydrogens is 158 g/mol. The summed E-state index contributed by atoms with van der Waals surface area (Å²) < 4.78 is 28.5. The molecule has 0 unspecified atom stereocenters. The van der Waals surface area contributed by atoms with E-state index in [2.05, 4.69) is 0 Å². The molecule has 0 aromatic heterocycles. The molecule has 10 heavy (non-hydrogen) atoms. The fourth-order valence-electron chi connectivity index (χ4n) is 0.290. The molecule has 0 rings (SSSR count). The van der Waals surface area contributed by atoms with Crippen LogP contribution in [0.2, 0.25) is 0 Å². The quantitative estimate of drug-likeness (QED) is 0.458. The minimum Gasteiger partial charge on any atom is -0.269 e. The number of allylic oxidation sites excluding steroid dienone is 1. The molecule has 0 atom stereocenters. The van der Waals surface area contributed by atoms with Crippen molar-refractivity contribution in [3.63, 3.8) is 0 Å². The van der Waals surface area contributed by atoms with Crippen molar-refractivity contribution in [2.45, 2.75) is 6.92 Å². The van der Waals surface area contributed by atoms with Crippen LogP contribution in [0.15, 0.2) is 12.3 Å². The number of rotatable bonds is 3. The molecule has 6 heteroatoms. The van der Waals surface area contributed by atoms with Crippen LogP contribution in [-0.2, 0) is 15.1 Å². The summed E-state index contributed by atoms with van der Waals surface area (Å²) in [6.07, 6.45) is 3.16. The number of hydrogen-bond donors (Lipinski definition) is 1. The molecule has 0 aliphatic heterocycles. The van der Waals surface area contributed by atoms with Crippen molar-refractivity contribution in [2.75, 3.05) is 0 Å². The molecule has 0 bridgehead atoms. The second-order valence-electron chi connectivity index (χ2n) is 1.35. The van der Waals surface area contributed by atoms with Gasteiger partial charge in [0, 0.05) is 6.20 Å². The summed E-state index contributed by atoms with van der Waals surface area (Å²) in [7, 11) is -4.45. The summed E-state index contributed by atoms with van der Waals surface area (Å²) in [5, 5.41) is 0. The van der Waals surface area contributed by atoms with Gasteiger partial charge in [-0.05, 0) is 6.92 Å². The van der Waals surface area contributed by atoms with Gasteiger partial charge in [0.2, 0.25) is 0 Å². The molecule has 5 nitrogen and oxygen atoms in total. The van der Waals surface area contributed by atoms with E-state index in [-0.39, 0.29) is 4.31 Å². The summed E-state index contributed by atoms with van der Waals surface area (Å²) in [6, 6.07) is 0. The second-order valence-corrected chi connectivity index (χ2v) is 2.64. The third kappa shape index (κ3) is 2.60. The maximum atomic E-state index is 10.1. The Balaban J connectivity index is 4.54. The van der Waals surface area contributed by atoms with Crippen LogP contribution in [0.5, 0.6) is 0 Å². The Morgan fingerprint density at radius 1 is 1.60 bits per heavy atom. The molecule has 57 valence electrons. The van der Waals surface area contributed by atoms with Crippen molar-refractivity contribution in [3.8, 4) is 0 Å². The molecule has 0 spiro atoms. The summed E-state index contributed by atoms with van der Waals surface area (Å²) in [4.78, 5) is 9.75. The smallest absolute Gasteiger partial charge is 0.269 e. The van der Waals surface area contributed by atoms with E-state index in [4.69, 9.17) is 4.55 Å². The van der Waals surface area contributed by atoms with Gasteiger partial charge in [-0.25, -0.2) is 0 Å². The van der Waals surface area contributed by atoms with Gasteiger partial charge >= 0.3 is 16.7 Å². The van der Waals surface area contributed by atoms with Crippen LogP contribution in [0.25, 0.3) is 0 Å². The van der Waals surface area contributed by atoms with Crippen LogP contribution < -0.4 is 0 Å². The van der Waals surface area contributed by atoms with Crippen LogP contribution in [0, 0.1) is 0 Å². The molecule has 0 saturated heterocycles. The van der Waals surface area contributed by atoms with Crippen molar-refractivity contribution < 1.29 is 17.8 Å². The van der Waals surface area contributed by atoms with Crippen molar-refractivity contribution >= 4 is 16.7 Å². The molecule has 0 saturated carbocycles. The highest BCUT2D eigenvalue weighted by Crippen LogP contribution is 1.92. The largest absolute Gasteiger partial charge is 0.366 e. The fourth-order valence-corrected chi connectivity index (χ4v) is 0.660. The van der Waals surface area contributed by atoms with Gasteiger partial charge in [0.15, 0.2) is 0 Å². The van der Waals surface area contributed by atoms with E-state index in [1.165, 1.54) is 13.0 Å². The van der Waals surface area contributed by atoms with Gasteiger partial charge in [0.1, 0.15) is 0 Å². The summed E-state index contributed by atoms with van der Waals surface area (Å²) in [6.45, 7) is 1.50. The Morgan fingerprint density at radius 2 is 2.10 bits per heavy atom. The first kappa shape index (κ1) is 9.12. The SMILES string of the molecule is CC=CN([C]=O)S(=O)(=O)O. The molecule has 0 aromatic carbocycles. The molecule has 1 radical (unpaired) electrons. The highest BCUT2D eigenvalue weighted by Gasteiger charge is 2.12. The van der Waals surface area contributed by atoms with E-state index in [0.717, 1.165) is 12.6 Å². The lowest BCUT2D eigenvalue weighted by atomic mass is 10.7. The molecule has 0 aliphatic rings. The highest BCUT2D eigenvalue weighted by atomic mass is 32.2. The summed E-state index contributed by atoms with van der Waals surface area (Å²) in [5.41, 5.74) is 0. The van der Waals surface area contributed by atoms with Crippen LogP contribution in [-0.4, -0.2) is 23.7 Å². The highest BCUT2D eigenvalue weighted by molar-refractivity contribution is 7.84. The second kappa shape index (κ2) is 3.33. The van der Waals surface area contributed by atoms with Crippen molar-refractivity contribution in [1.82, 2.24) is 4.31 Å². The van der Waals surface area contributed by atoms with Gasteiger partial charge in [0.25, 0.3) is 0 Å². The first-order valence-electron chi connectivity index (χ1n) is 2.30. The predicted octanol–water partition coefficient (Wildman–Crippen LogP) is -0.308. The fraction of sp³-hybridized carbons (Fsp3) is 0.250. The zero-order valence-corrected chi connectivity index (χ0v) is 6.00. The average Bonchev–Trinajstić information content (AvgIpc) is 1.80. The Hall–Kier alpha value is -0.880. The Kier molecular flexibility index (Phi) is 3.04. The molecule has 0 fully saturated rings. The molecule has 0 aliphatic carbocycles. The predicted molar refractivity (Wildman–Crippen MR) is 33.9 cm³/mol. The lowest BCUT2D eigenvalue weighted by Crippen LogP contribution is -2.22. The third-order valence-electron chi connectivity index (χ3n) is 0.623. The van der Waals surface area contributed by atoms with E-state index in [9.17, 15) is 13.2 Å². The van der Waals surface area contributed by atoms with Crippen molar-refractivity contribution in [1.29, 1.82) is 0 Å².